The van der Waals surface area contributed by atoms with Crippen LogP contribution in [0.25, 0.3) is 0 Å². The smallest absolute Gasteiger partial charge is 0.173 e. The van der Waals surface area contributed by atoms with Crippen LogP contribution < -0.4 is 5.32 Å². The highest BCUT2D eigenvalue weighted by Gasteiger charge is 2.14. The fraction of sp³-hybridized carbons (Fsp3) is 0.692. The van der Waals surface area contributed by atoms with E-state index in [0.717, 1.165) is 11.2 Å². The highest BCUT2D eigenvalue weighted by atomic mass is 79.9. The van der Waals surface area contributed by atoms with Crippen molar-refractivity contribution in [1.82, 2.24) is 5.32 Å². The Morgan fingerprint density at radius 2 is 2.12 bits per heavy atom. The second-order valence-corrected chi connectivity index (χ2v) is 4.83. The standard InChI is InChI=1S/C13H22BrNO/c1-3-5-6-7-8-12(15-4-2)11-9-10-16-13(11)14/h9-10,12,15H,3-8H2,1-2H3. The molecule has 0 radical (unpaired) electrons. The van der Waals surface area contributed by atoms with E-state index in [0.29, 0.717) is 6.04 Å². The number of rotatable bonds is 8. The van der Waals surface area contributed by atoms with Gasteiger partial charge in [-0.05, 0) is 35.0 Å². The van der Waals surface area contributed by atoms with Crippen LogP contribution in [0, 0.1) is 0 Å². The van der Waals surface area contributed by atoms with Crippen molar-refractivity contribution in [3.63, 3.8) is 0 Å². The molecule has 3 heteroatoms. The molecule has 1 atom stereocenters. The van der Waals surface area contributed by atoms with E-state index in [1.807, 2.05) is 0 Å². The Labute approximate surface area is 107 Å². The molecule has 0 aliphatic rings. The van der Waals surface area contributed by atoms with E-state index in [1.54, 1.807) is 6.26 Å². The molecule has 0 saturated heterocycles. The molecule has 1 aromatic rings. The highest BCUT2D eigenvalue weighted by Crippen LogP contribution is 2.28. The molecule has 0 aliphatic carbocycles. The predicted octanol–water partition coefficient (Wildman–Crippen LogP) is 4.66. The van der Waals surface area contributed by atoms with Gasteiger partial charge in [0.2, 0.25) is 0 Å². The van der Waals surface area contributed by atoms with E-state index in [9.17, 15) is 0 Å². The van der Waals surface area contributed by atoms with Gasteiger partial charge in [0.15, 0.2) is 4.67 Å². The Bertz CT molecular complexity index is 285. The van der Waals surface area contributed by atoms with Gasteiger partial charge in [-0.25, -0.2) is 0 Å². The van der Waals surface area contributed by atoms with Crippen molar-refractivity contribution in [2.45, 2.75) is 52.0 Å². The van der Waals surface area contributed by atoms with Crippen LogP contribution in [0.4, 0.5) is 0 Å². The number of hydrogen-bond donors (Lipinski definition) is 1. The molecule has 1 unspecified atom stereocenters. The van der Waals surface area contributed by atoms with E-state index in [4.69, 9.17) is 4.42 Å². The summed E-state index contributed by atoms with van der Waals surface area (Å²) in [5, 5.41) is 3.51. The molecule has 92 valence electrons. The first kappa shape index (κ1) is 13.8. The molecule has 0 aromatic carbocycles. The third-order valence-electron chi connectivity index (χ3n) is 2.82. The van der Waals surface area contributed by atoms with Gasteiger partial charge >= 0.3 is 0 Å². The lowest BCUT2D eigenvalue weighted by Crippen LogP contribution is -2.20. The fourth-order valence-corrected chi connectivity index (χ4v) is 2.46. The molecule has 0 aliphatic heterocycles. The molecular weight excluding hydrogens is 266 g/mol. The van der Waals surface area contributed by atoms with E-state index < -0.39 is 0 Å². The third kappa shape index (κ3) is 4.30. The Hall–Kier alpha value is -0.280. The number of hydrogen-bond acceptors (Lipinski definition) is 2. The highest BCUT2D eigenvalue weighted by molar-refractivity contribution is 9.10. The van der Waals surface area contributed by atoms with Crippen LogP contribution in [0.5, 0.6) is 0 Å². The molecule has 0 saturated carbocycles. The topological polar surface area (TPSA) is 25.2 Å². The first-order valence-corrected chi connectivity index (χ1v) is 7.05. The molecule has 1 aromatic heterocycles. The van der Waals surface area contributed by atoms with Crippen LogP contribution in [0.2, 0.25) is 0 Å². The number of furan rings is 1. The zero-order valence-corrected chi connectivity index (χ0v) is 11.8. The fourth-order valence-electron chi connectivity index (χ4n) is 1.94. The molecule has 1 rings (SSSR count). The maximum Gasteiger partial charge on any atom is 0.173 e. The van der Waals surface area contributed by atoms with Crippen LogP contribution >= 0.6 is 15.9 Å². The molecular formula is C13H22BrNO. The van der Waals surface area contributed by atoms with Gasteiger partial charge in [0.1, 0.15) is 0 Å². The van der Waals surface area contributed by atoms with Crippen molar-refractivity contribution in [1.29, 1.82) is 0 Å². The van der Waals surface area contributed by atoms with Crippen molar-refractivity contribution < 1.29 is 4.42 Å². The molecule has 1 heterocycles. The summed E-state index contributed by atoms with van der Waals surface area (Å²) in [5.41, 5.74) is 1.25. The van der Waals surface area contributed by atoms with Gasteiger partial charge in [-0.2, -0.15) is 0 Å². The van der Waals surface area contributed by atoms with Gasteiger partial charge in [0.25, 0.3) is 0 Å². The SMILES string of the molecule is CCCCCCC(NCC)c1ccoc1Br. The molecule has 0 bridgehead atoms. The van der Waals surface area contributed by atoms with E-state index in [1.165, 1.54) is 37.7 Å². The summed E-state index contributed by atoms with van der Waals surface area (Å²) < 4.78 is 6.17. The zero-order valence-electron chi connectivity index (χ0n) is 10.3. The summed E-state index contributed by atoms with van der Waals surface area (Å²) in [4.78, 5) is 0. The quantitative estimate of drug-likeness (QED) is 0.704. The summed E-state index contributed by atoms with van der Waals surface area (Å²) in [5.74, 6) is 0. The third-order valence-corrected chi connectivity index (χ3v) is 3.46. The van der Waals surface area contributed by atoms with Crippen LogP contribution in [0.15, 0.2) is 21.4 Å². The van der Waals surface area contributed by atoms with E-state index >= 15 is 0 Å². The average molecular weight is 288 g/mol. The summed E-state index contributed by atoms with van der Waals surface area (Å²) in [6.07, 6.45) is 8.17. The molecule has 0 spiro atoms. The minimum absolute atomic E-state index is 0.426. The normalized spacial score (nSPS) is 12.9. The Kier molecular flexibility index (Phi) is 6.81. The lowest BCUT2D eigenvalue weighted by Gasteiger charge is -2.16. The average Bonchev–Trinajstić information content (AvgIpc) is 2.69. The van der Waals surface area contributed by atoms with Crippen LogP contribution in [0.3, 0.4) is 0 Å². The molecule has 0 fully saturated rings. The molecule has 16 heavy (non-hydrogen) atoms. The summed E-state index contributed by atoms with van der Waals surface area (Å²) in [6.45, 7) is 5.39. The Morgan fingerprint density at radius 3 is 2.69 bits per heavy atom. The maximum absolute atomic E-state index is 5.30. The van der Waals surface area contributed by atoms with Gasteiger partial charge in [-0.3, -0.25) is 0 Å². The number of unbranched alkanes of at least 4 members (excludes halogenated alkanes) is 3. The minimum atomic E-state index is 0.426. The van der Waals surface area contributed by atoms with Crippen molar-refractivity contribution in [3.8, 4) is 0 Å². The summed E-state index contributed by atoms with van der Waals surface area (Å²) in [7, 11) is 0. The maximum atomic E-state index is 5.30. The lowest BCUT2D eigenvalue weighted by molar-refractivity contribution is 0.466. The summed E-state index contributed by atoms with van der Waals surface area (Å²) >= 11 is 3.45. The number of nitrogens with one attached hydrogen (secondary N) is 1. The second kappa shape index (κ2) is 7.91. The monoisotopic (exact) mass is 287 g/mol. The van der Waals surface area contributed by atoms with Crippen molar-refractivity contribution in [3.05, 3.63) is 22.6 Å². The van der Waals surface area contributed by atoms with Gasteiger partial charge in [-0.1, -0.05) is 39.5 Å². The van der Waals surface area contributed by atoms with Crippen molar-refractivity contribution in [2.24, 2.45) is 0 Å². The zero-order chi connectivity index (χ0) is 11.8. The first-order chi connectivity index (χ1) is 7.79. The predicted molar refractivity (Wildman–Crippen MR) is 71.6 cm³/mol. The Balaban J connectivity index is 2.45. The largest absolute Gasteiger partial charge is 0.457 e. The molecule has 2 nitrogen and oxygen atoms in total. The van der Waals surface area contributed by atoms with Gasteiger partial charge in [-0.15, -0.1) is 0 Å². The summed E-state index contributed by atoms with van der Waals surface area (Å²) in [6, 6.07) is 2.48. The molecule has 0 amide bonds. The minimum Gasteiger partial charge on any atom is -0.457 e. The second-order valence-electron chi connectivity index (χ2n) is 4.11. The Morgan fingerprint density at radius 1 is 1.31 bits per heavy atom. The van der Waals surface area contributed by atoms with Gasteiger partial charge in [0.05, 0.1) is 6.26 Å². The van der Waals surface area contributed by atoms with E-state index in [-0.39, 0.29) is 0 Å². The van der Waals surface area contributed by atoms with Crippen LogP contribution in [-0.2, 0) is 0 Å². The van der Waals surface area contributed by atoms with Crippen molar-refractivity contribution in [2.75, 3.05) is 6.54 Å². The van der Waals surface area contributed by atoms with Gasteiger partial charge < -0.3 is 9.73 Å². The molecule has 1 N–H and O–H groups in total. The van der Waals surface area contributed by atoms with Gasteiger partial charge in [0, 0.05) is 11.6 Å². The first-order valence-electron chi connectivity index (χ1n) is 6.25. The van der Waals surface area contributed by atoms with Crippen LogP contribution in [-0.4, -0.2) is 6.54 Å². The van der Waals surface area contributed by atoms with E-state index in [2.05, 4.69) is 41.2 Å². The van der Waals surface area contributed by atoms with Crippen LogP contribution in [0.1, 0.15) is 57.6 Å². The number of halogens is 1. The van der Waals surface area contributed by atoms with Crippen molar-refractivity contribution >= 4 is 15.9 Å². The lowest BCUT2D eigenvalue weighted by atomic mass is 10.0.